The lowest BCUT2D eigenvalue weighted by atomic mass is 9.97. The Labute approximate surface area is 70.2 Å². The summed E-state index contributed by atoms with van der Waals surface area (Å²) in [5, 5.41) is 36.5. The van der Waals surface area contributed by atoms with E-state index in [-0.39, 0.29) is 0 Å². The summed E-state index contributed by atoms with van der Waals surface area (Å²) in [4.78, 5) is 0. The molecule has 72 valence electrons. The van der Waals surface area contributed by atoms with E-state index in [0.29, 0.717) is 6.42 Å². The van der Waals surface area contributed by atoms with Gasteiger partial charge < -0.3 is 25.2 Å². The summed E-state index contributed by atoms with van der Waals surface area (Å²) in [5.41, 5.74) is 0. The first-order chi connectivity index (χ1) is 5.57. The fourth-order valence-corrected chi connectivity index (χ4v) is 1.27. The van der Waals surface area contributed by atoms with Crippen molar-refractivity contribution >= 4 is 0 Å². The standard InChI is InChI=1S/C7H14O5/c1-2-3-4(8)5(9)6(10)7(11)12-3/h3-11H,2H2,1H3/t3-,4?,5?,6+,7?/m0/s1. The SMILES string of the molecule is CC[C@@H]1OC(O)[C@H](O)C(O)C1O. The molecule has 0 aromatic heterocycles. The van der Waals surface area contributed by atoms with Gasteiger partial charge in [-0.15, -0.1) is 0 Å². The summed E-state index contributed by atoms with van der Waals surface area (Å²) < 4.78 is 4.83. The Balaban J connectivity index is 2.63. The van der Waals surface area contributed by atoms with Crippen LogP contribution in [-0.2, 0) is 4.74 Å². The Kier molecular flexibility index (Phi) is 3.03. The molecule has 0 aromatic carbocycles. The molecule has 12 heavy (non-hydrogen) atoms. The second-order valence-corrected chi connectivity index (χ2v) is 2.95. The maximum atomic E-state index is 9.28. The van der Waals surface area contributed by atoms with Crippen LogP contribution >= 0.6 is 0 Å². The van der Waals surface area contributed by atoms with Crippen LogP contribution in [0.15, 0.2) is 0 Å². The lowest BCUT2D eigenvalue weighted by molar-refractivity contribution is -0.281. The quantitative estimate of drug-likeness (QED) is 0.380. The Morgan fingerprint density at radius 1 is 1.00 bits per heavy atom. The van der Waals surface area contributed by atoms with Gasteiger partial charge in [-0.2, -0.15) is 0 Å². The lowest BCUT2D eigenvalue weighted by Gasteiger charge is -2.37. The van der Waals surface area contributed by atoms with Crippen molar-refractivity contribution in [3.8, 4) is 0 Å². The normalized spacial score (nSPS) is 49.2. The van der Waals surface area contributed by atoms with Crippen molar-refractivity contribution in [1.82, 2.24) is 0 Å². The van der Waals surface area contributed by atoms with Crippen molar-refractivity contribution in [2.24, 2.45) is 0 Å². The highest BCUT2D eigenvalue weighted by atomic mass is 16.6. The molecule has 0 radical (unpaired) electrons. The molecule has 0 aliphatic carbocycles. The number of rotatable bonds is 1. The van der Waals surface area contributed by atoms with Crippen molar-refractivity contribution in [1.29, 1.82) is 0 Å². The van der Waals surface area contributed by atoms with Gasteiger partial charge >= 0.3 is 0 Å². The van der Waals surface area contributed by atoms with Gasteiger partial charge in [0.15, 0.2) is 6.29 Å². The third kappa shape index (κ3) is 1.60. The zero-order chi connectivity index (χ0) is 9.30. The van der Waals surface area contributed by atoms with E-state index < -0.39 is 30.7 Å². The van der Waals surface area contributed by atoms with Crippen molar-refractivity contribution < 1.29 is 25.2 Å². The topological polar surface area (TPSA) is 90.2 Å². The van der Waals surface area contributed by atoms with E-state index in [0.717, 1.165) is 0 Å². The average Bonchev–Trinajstić information content (AvgIpc) is 2.08. The molecule has 1 fully saturated rings. The fourth-order valence-electron chi connectivity index (χ4n) is 1.27. The van der Waals surface area contributed by atoms with Gasteiger partial charge in [0.05, 0.1) is 6.10 Å². The second-order valence-electron chi connectivity index (χ2n) is 2.95. The van der Waals surface area contributed by atoms with Crippen molar-refractivity contribution in [2.45, 2.75) is 44.1 Å². The average molecular weight is 178 g/mol. The molecule has 0 saturated carbocycles. The highest BCUT2D eigenvalue weighted by molar-refractivity contribution is 4.87. The van der Waals surface area contributed by atoms with E-state index in [1.807, 2.05) is 0 Å². The third-order valence-electron chi connectivity index (χ3n) is 2.09. The van der Waals surface area contributed by atoms with Gasteiger partial charge in [0.2, 0.25) is 0 Å². The van der Waals surface area contributed by atoms with Gasteiger partial charge in [0.25, 0.3) is 0 Å². The second kappa shape index (κ2) is 3.68. The minimum Gasteiger partial charge on any atom is -0.388 e. The maximum Gasteiger partial charge on any atom is 0.183 e. The molecule has 0 amide bonds. The third-order valence-corrected chi connectivity index (χ3v) is 2.09. The molecule has 5 atom stereocenters. The van der Waals surface area contributed by atoms with E-state index in [4.69, 9.17) is 14.9 Å². The van der Waals surface area contributed by atoms with Gasteiger partial charge in [0, 0.05) is 0 Å². The van der Waals surface area contributed by atoms with Gasteiger partial charge in [0.1, 0.15) is 18.3 Å². The first kappa shape index (κ1) is 9.88. The van der Waals surface area contributed by atoms with E-state index in [1.54, 1.807) is 6.92 Å². The van der Waals surface area contributed by atoms with Crippen LogP contribution in [0.2, 0.25) is 0 Å². The molecule has 0 spiro atoms. The molecular weight excluding hydrogens is 164 g/mol. The van der Waals surface area contributed by atoms with E-state index in [1.165, 1.54) is 0 Å². The molecule has 1 aliphatic rings. The van der Waals surface area contributed by atoms with Crippen LogP contribution in [0.25, 0.3) is 0 Å². The van der Waals surface area contributed by atoms with Crippen LogP contribution in [-0.4, -0.2) is 51.1 Å². The van der Waals surface area contributed by atoms with Gasteiger partial charge in [-0.05, 0) is 6.42 Å². The summed E-state index contributed by atoms with van der Waals surface area (Å²) >= 11 is 0. The smallest absolute Gasteiger partial charge is 0.183 e. The van der Waals surface area contributed by atoms with Crippen LogP contribution in [0.5, 0.6) is 0 Å². The molecule has 1 rings (SSSR count). The van der Waals surface area contributed by atoms with Crippen molar-refractivity contribution in [3.63, 3.8) is 0 Å². The summed E-state index contributed by atoms with van der Waals surface area (Å²) in [7, 11) is 0. The molecule has 0 aromatic rings. The minimum atomic E-state index is -1.43. The number of aliphatic hydroxyl groups is 4. The summed E-state index contributed by atoms with van der Waals surface area (Å²) in [5.74, 6) is 0. The van der Waals surface area contributed by atoms with E-state index >= 15 is 0 Å². The molecule has 4 N–H and O–H groups in total. The van der Waals surface area contributed by atoms with Crippen LogP contribution in [0.4, 0.5) is 0 Å². The Morgan fingerprint density at radius 3 is 2.08 bits per heavy atom. The predicted molar refractivity (Wildman–Crippen MR) is 39.2 cm³/mol. The number of hydrogen-bond donors (Lipinski definition) is 4. The Hall–Kier alpha value is -0.200. The maximum absolute atomic E-state index is 9.28. The van der Waals surface area contributed by atoms with Crippen LogP contribution in [0, 0.1) is 0 Å². The minimum absolute atomic E-state index is 0.474. The summed E-state index contributed by atoms with van der Waals surface area (Å²) in [6.45, 7) is 1.75. The number of ether oxygens (including phenoxy) is 1. The number of hydrogen-bond acceptors (Lipinski definition) is 5. The first-order valence-electron chi connectivity index (χ1n) is 3.95. The molecule has 1 aliphatic heterocycles. The molecule has 1 heterocycles. The molecular formula is C7H14O5. The van der Waals surface area contributed by atoms with Gasteiger partial charge in [-0.1, -0.05) is 6.92 Å². The monoisotopic (exact) mass is 178 g/mol. The van der Waals surface area contributed by atoms with Crippen LogP contribution < -0.4 is 0 Å². The lowest BCUT2D eigenvalue weighted by Crippen LogP contribution is -2.57. The van der Waals surface area contributed by atoms with E-state index in [9.17, 15) is 10.2 Å². The molecule has 0 bridgehead atoms. The summed E-state index contributed by atoms with van der Waals surface area (Å²) in [6, 6.07) is 0. The highest BCUT2D eigenvalue weighted by Crippen LogP contribution is 2.21. The highest BCUT2D eigenvalue weighted by Gasteiger charge is 2.41. The van der Waals surface area contributed by atoms with Crippen LogP contribution in [0.1, 0.15) is 13.3 Å². The molecule has 5 heteroatoms. The first-order valence-corrected chi connectivity index (χ1v) is 3.95. The van der Waals surface area contributed by atoms with Crippen LogP contribution in [0.3, 0.4) is 0 Å². The summed E-state index contributed by atoms with van der Waals surface area (Å²) in [6.07, 6.45) is -5.44. The van der Waals surface area contributed by atoms with Crippen molar-refractivity contribution in [3.05, 3.63) is 0 Å². The van der Waals surface area contributed by atoms with E-state index in [2.05, 4.69) is 0 Å². The largest absolute Gasteiger partial charge is 0.388 e. The zero-order valence-corrected chi connectivity index (χ0v) is 6.79. The molecule has 1 saturated heterocycles. The molecule has 3 unspecified atom stereocenters. The fraction of sp³-hybridized carbons (Fsp3) is 1.00. The zero-order valence-electron chi connectivity index (χ0n) is 6.79. The molecule has 5 nitrogen and oxygen atoms in total. The van der Waals surface area contributed by atoms with Gasteiger partial charge in [-0.25, -0.2) is 0 Å². The van der Waals surface area contributed by atoms with Gasteiger partial charge in [-0.3, -0.25) is 0 Å². The number of aliphatic hydroxyl groups excluding tert-OH is 4. The predicted octanol–water partition coefficient (Wildman–Crippen LogP) is -1.80. The Morgan fingerprint density at radius 2 is 1.58 bits per heavy atom. The Bertz CT molecular complexity index is 146. The van der Waals surface area contributed by atoms with Crippen molar-refractivity contribution in [2.75, 3.05) is 0 Å².